The van der Waals surface area contributed by atoms with E-state index in [1.807, 2.05) is 12.4 Å². The van der Waals surface area contributed by atoms with E-state index in [0.717, 1.165) is 13.1 Å². The minimum atomic E-state index is 0.621. The summed E-state index contributed by atoms with van der Waals surface area (Å²) >= 11 is 0. The van der Waals surface area contributed by atoms with Crippen LogP contribution in [-0.2, 0) is 6.54 Å². The molecule has 14 heavy (non-hydrogen) atoms. The average molecular weight is 191 g/mol. The van der Waals surface area contributed by atoms with Crippen molar-refractivity contribution in [3.05, 3.63) is 24.3 Å². The van der Waals surface area contributed by atoms with Gasteiger partial charge in [0.25, 0.3) is 0 Å². The first-order valence-corrected chi connectivity index (χ1v) is 5.29. The van der Waals surface area contributed by atoms with Crippen LogP contribution in [0.2, 0.25) is 0 Å². The van der Waals surface area contributed by atoms with Crippen molar-refractivity contribution in [3.63, 3.8) is 0 Å². The van der Waals surface area contributed by atoms with Crippen LogP contribution in [0.25, 0.3) is 0 Å². The number of nitrogens with one attached hydrogen (secondary N) is 1. The van der Waals surface area contributed by atoms with Gasteiger partial charge in [0, 0.05) is 31.0 Å². The Labute approximate surface area is 85.0 Å². The summed E-state index contributed by atoms with van der Waals surface area (Å²) in [4.78, 5) is 7.97. The van der Waals surface area contributed by atoms with Gasteiger partial charge in [-0.2, -0.15) is 0 Å². The van der Waals surface area contributed by atoms with Gasteiger partial charge in [0.2, 0.25) is 0 Å². The van der Waals surface area contributed by atoms with Gasteiger partial charge in [0.15, 0.2) is 0 Å². The van der Waals surface area contributed by atoms with Gasteiger partial charge in [0.05, 0.1) is 0 Å². The van der Waals surface area contributed by atoms with Gasteiger partial charge >= 0.3 is 0 Å². The smallest absolute Gasteiger partial charge is 0.115 e. The molecule has 1 aromatic heterocycles. The number of hydrogen-bond acceptors (Lipinski definition) is 3. The summed E-state index contributed by atoms with van der Waals surface area (Å²) in [6, 6.07) is 0. The fourth-order valence-electron chi connectivity index (χ4n) is 1.73. The Kier molecular flexibility index (Phi) is 2.77. The molecule has 3 nitrogen and oxygen atoms in total. The third-order valence-electron chi connectivity index (χ3n) is 3.15. The molecule has 1 heterocycles. The van der Waals surface area contributed by atoms with Gasteiger partial charge in [-0.1, -0.05) is 6.92 Å². The van der Waals surface area contributed by atoms with Gasteiger partial charge < -0.3 is 5.32 Å². The first-order valence-electron chi connectivity index (χ1n) is 5.29. The molecule has 0 bridgehead atoms. The van der Waals surface area contributed by atoms with E-state index in [1.165, 1.54) is 24.8 Å². The van der Waals surface area contributed by atoms with E-state index < -0.39 is 0 Å². The summed E-state index contributed by atoms with van der Waals surface area (Å²) in [5.74, 6) is 0. The topological polar surface area (TPSA) is 37.8 Å². The Hall–Kier alpha value is -0.960. The molecule has 0 aliphatic heterocycles. The molecule has 2 rings (SSSR count). The fourth-order valence-corrected chi connectivity index (χ4v) is 1.73. The molecule has 1 aliphatic rings. The lowest BCUT2D eigenvalue weighted by Crippen LogP contribution is -2.23. The van der Waals surface area contributed by atoms with Gasteiger partial charge in [-0.25, -0.2) is 9.97 Å². The van der Waals surface area contributed by atoms with Crippen molar-refractivity contribution < 1.29 is 0 Å². The molecule has 0 radical (unpaired) electrons. The average Bonchev–Trinajstić information content (AvgIpc) is 3.00. The fraction of sp³-hybridized carbons (Fsp3) is 0.636. The van der Waals surface area contributed by atoms with Gasteiger partial charge in [-0.3, -0.25) is 0 Å². The zero-order valence-corrected chi connectivity index (χ0v) is 8.66. The van der Waals surface area contributed by atoms with E-state index in [4.69, 9.17) is 0 Å². The van der Waals surface area contributed by atoms with Gasteiger partial charge in [-0.05, 0) is 24.7 Å². The normalized spacial score (nSPS) is 18.1. The van der Waals surface area contributed by atoms with Gasteiger partial charge in [0.1, 0.15) is 6.33 Å². The Bertz CT molecular complexity index is 280. The zero-order valence-electron chi connectivity index (χ0n) is 8.66. The van der Waals surface area contributed by atoms with Crippen LogP contribution in [0.4, 0.5) is 0 Å². The Morgan fingerprint density at radius 1 is 1.36 bits per heavy atom. The summed E-state index contributed by atoms with van der Waals surface area (Å²) in [5, 5.41) is 3.48. The van der Waals surface area contributed by atoms with Gasteiger partial charge in [-0.15, -0.1) is 0 Å². The number of aromatic nitrogens is 2. The molecule has 1 fully saturated rings. The second-order valence-electron chi connectivity index (χ2n) is 4.20. The monoisotopic (exact) mass is 191 g/mol. The van der Waals surface area contributed by atoms with Crippen molar-refractivity contribution in [2.24, 2.45) is 5.41 Å². The Morgan fingerprint density at radius 2 is 2.07 bits per heavy atom. The van der Waals surface area contributed by atoms with Crippen LogP contribution in [0.15, 0.2) is 18.7 Å². The Morgan fingerprint density at radius 3 is 2.64 bits per heavy atom. The molecule has 0 saturated heterocycles. The molecule has 3 heteroatoms. The predicted molar refractivity (Wildman–Crippen MR) is 55.7 cm³/mol. The van der Waals surface area contributed by atoms with Crippen LogP contribution in [0.1, 0.15) is 31.7 Å². The maximum atomic E-state index is 3.98. The highest BCUT2D eigenvalue weighted by Gasteiger charge is 2.39. The minimum Gasteiger partial charge on any atom is -0.312 e. The van der Waals surface area contributed by atoms with E-state index in [1.54, 1.807) is 6.33 Å². The Balaban J connectivity index is 1.73. The second-order valence-corrected chi connectivity index (χ2v) is 4.20. The van der Waals surface area contributed by atoms with Crippen molar-refractivity contribution in [2.75, 3.05) is 6.54 Å². The molecular weight excluding hydrogens is 174 g/mol. The molecule has 0 aromatic carbocycles. The van der Waals surface area contributed by atoms with E-state index in [2.05, 4.69) is 22.2 Å². The van der Waals surface area contributed by atoms with Crippen LogP contribution in [0.3, 0.4) is 0 Å². The quantitative estimate of drug-likeness (QED) is 0.770. The highest BCUT2D eigenvalue weighted by molar-refractivity contribution is 5.02. The molecule has 0 atom stereocenters. The summed E-state index contributed by atoms with van der Waals surface area (Å²) in [6.45, 7) is 4.31. The summed E-state index contributed by atoms with van der Waals surface area (Å²) in [7, 11) is 0. The van der Waals surface area contributed by atoms with Crippen LogP contribution in [0.5, 0.6) is 0 Å². The highest BCUT2D eigenvalue weighted by atomic mass is 14.9. The molecule has 1 aliphatic carbocycles. The third-order valence-corrected chi connectivity index (χ3v) is 3.15. The first-order chi connectivity index (χ1) is 6.85. The summed E-state index contributed by atoms with van der Waals surface area (Å²) < 4.78 is 0. The lowest BCUT2D eigenvalue weighted by Gasteiger charge is -2.12. The molecule has 0 amide bonds. The maximum Gasteiger partial charge on any atom is 0.115 e. The number of rotatable bonds is 5. The van der Waals surface area contributed by atoms with Crippen LogP contribution in [-0.4, -0.2) is 16.5 Å². The molecule has 0 unspecified atom stereocenters. The molecular formula is C11H17N3. The minimum absolute atomic E-state index is 0.621. The SMILES string of the molecule is CCC1(CNCc2cncnc2)CC1. The van der Waals surface area contributed by atoms with E-state index >= 15 is 0 Å². The standard InChI is InChI=1S/C11H17N3/c1-2-11(3-4-11)8-12-5-10-6-13-9-14-7-10/h6-7,9,12H,2-5,8H2,1H3. The lowest BCUT2D eigenvalue weighted by atomic mass is 10.0. The van der Waals surface area contributed by atoms with Crippen LogP contribution >= 0.6 is 0 Å². The largest absolute Gasteiger partial charge is 0.312 e. The number of hydrogen-bond donors (Lipinski definition) is 1. The van der Waals surface area contributed by atoms with Crippen molar-refractivity contribution in [3.8, 4) is 0 Å². The van der Waals surface area contributed by atoms with E-state index in [-0.39, 0.29) is 0 Å². The second kappa shape index (κ2) is 4.05. The zero-order chi connectivity index (χ0) is 9.86. The first kappa shape index (κ1) is 9.59. The molecule has 0 spiro atoms. The summed E-state index contributed by atoms with van der Waals surface area (Å²) in [6.07, 6.45) is 9.38. The van der Waals surface area contributed by atoms with Crippen LogP contribution < -0.4 is 5.32 Å². The molecule has 1 saturated carbocycles. The van der Waals surface area contributed by atoms with E-state index in [9.17, 15) is 0 Å². The molecule has 1 aromatic rings. The van der Waals surface area contributed by atoms with Crippen molar-refractivity contribution in [1.82, 2.24) is 15.3 Å². The van der Waals surface area contributed by atoms with Crippen LogP contribution in [0, 0.1) is 5.41 Å². The van der Waals surface area contributed by atoms with E-state index in [0.29, 0.717) is 5.41 Å². The summed E-state index contributed by atoms with van der Waals surface area (Å²) in [5.41, 5.74) is 1.79. The highest BCUT2D eigenvalue weighted by Crippen LogP contribution is 2.47. The van der Waals surface area contributed by atoms with Crippen molar-refractivity contribution in [2.45, 2.75) is 32.7 Å². The predicted octanol–water partition coefficient (Wildman–Crippen LogP) is 1.76. The maximum absolute atomic E-state index is 3.98. The van der Waals surface area contributed by atoms with Crippen molar-refractivity contribution in [1.29, 1.82) is 0 Å². The lowest BCUT2D eigenvalue weighted by molar-refractivity contribution is 0.443. The third kappa shape index (κ3) is 2.29. The van der Waals surface area contributed by atoms with Crippen molar-refractivity contribution >= 4 is 0 Å². The molecule has 1 N–H and O–H groups in total. The number of nitrogens with zero attached hydrogens (tertiary/aromatic N) is 2. The molecule has 76 valence electrons.